The molecule has 9 heavy (non-hydrogen) atoms. The molecule has 0 aliphatic carbocycles. The van der Waals surface area contributed by atoms with E-state index >= 15 is 0 Å². The Hall–Kier alpha value is -0.940. The zero-order chi connectivity index (χ0) is 7.07. The average Bonchev–Trinajstić information content (AvgIpc) is 1.79. The second-order valence-corrected chi connectivity index (χ2v) is 1.21. The minimum Gasteiger partial charge on any atom is -0.367 e. The lowest BCUT2D eigenvalue weighted by molar-refractivity contribution is -0.345. The Morgan fingerprint density at radius 2 is 1.33 bits per heavy atom. The van der Waals surface area contributed by atoms with Crippen molar-refractivity contribution in [1.29, 1.82) is 0 Å². The Morgan fingerprint density at radius 1 is 1.00 bits per heavy atom. The van der Waals surface area contributed by atoms with Gasteiger partial charge in [-0.15, -0.1) is 8.78 Å². The Bertz CT molecular complexity index is 147. The number of rotatable bonds is 0. The van der Waals surface area contributed by atoms with Crippen LogP contribution in [0.4, 0.5) is 17.6 Å². The van der Waals surface area contributed by atoms with Crippen LogP contribution in [-0.2, 0) is 9.47 Å². The molecule has 52 valence electrons. The fourth-order valence-corrected chi connectivity index (χ4v) is 0.310. The maximum atomic E-state index is 11.5. The van der Waals surface area contributed by atoms with E-state index in [2.05, 4.69) is 9.47 Å². The fourth-order valence-electron chi connectivity index (χ4n) is 0.310. The Morgan fingerprint density at radius 3 is 1.44 bits per heavy atom. The van der Waals surface area contributed by atoms with Crippen molar-refractivity contribution < 1.29 is 27.0 Å². The highest BCUT2D eigenvalue weighted by atomic mass is 19.3. The van der Waals surface area contributed by atoms with Crippen LogP contribution in [0.1, 0.15) is 0 Å². The van der Waals surface area contributed by atoms with E-state index in [1.807, 2.05) is 0 Å². The zero-order valence-corrected chi connectivity index (χ0v) is 3.83. The van der Waals surface area contributed by atoms with Gasteiger partial charge in [-0.25, -0.2) is 0 Å². The van der Waals surface area contributed by atoms with Gasteiger partial charge in [0.15, 0.2) is 0 Å². The van der Waals surface area contributed by atoms with Crippen molar-refractivity contribution in [2.24, 2.45) is 0 Å². The first kappa shape index (κ1) is 6.18. The normalized spacial score (nSPS) is 23.6. The molecule has 0 aromatic rings. The summed E-state index contributed by atoms with van der Waals surface area (Å²) >= 11 is 0. The molecule has 0 bridgehead atoms. The number of halogens is 4. The van der Waals surface area contributed by atoms with Crippen LogP contribution in [0.5, 0.6) is 0 Å². The van der Waals surface area contributed by atoms with Crippen LogP contribution in [0.2, 0.25) is 0 Å². The van der Waals surface area contributed by atoms with E-state index in [0.717, 1.165) is 0 Å². The molecule has 1 rings (SSSR count). The maximum absolute atomic E-state index is 11.5. The molecule has 0 amide bonds. The molecular formula is C3F4O2. The van der Waals surface area contributed by atoms with Crippen molar-refractivity contribution in [2.45, 2.75) is 6.29 Å². The third-order valence-electron chi connectivity index (χ3n) is 0.571. The Labute approximate surface area is 46.7 Å². The lowest BCUT2D eigenvalue weighted by atomic mass is 11.0. The summed E-state index contributed by atoms with van der Waals surface area (Å²) in [7, 11) is 0. The predicted octanol–water partition coefficient (Wildman–Crippen LogP) is 1.65. The lowest BCUT2D eigenvalue weighted by Crippen LogP contribution is -2.15. The van der Waals surface area contributed by atoms with Gasteiger partial charge in [0.2, 0.25) is 0 Å². The van der Waals surface area contributed by atoms with Crippen molar-refractivity contribution in [3.8, 4) is 0 Å². The smallest absolute Gasteiger partial charge is 0.367 e. The van der Waals surface area contributed by atoms with Crippen LogP contribution in [0, 0.1) is 0 Å². The van der Waals surface area contributed by atoms with Crippen LogP contribution in [0.25, 0.3) is 0 Å². The monoisotopic (exact) mass is 144 g/mol. The summed E-state index contributed by atoms with van der Waals surface area (Å²) in [5.41, 5.74) is 0. The molecule has 1 heterocycles. The summed E-state index contributed by atoms with van der Waals surface area (Å²) < 4.78 is 51.8. The second kappa shape index (κ2) is 1.52. The highest BCUT2D eigenvalue weighted by Gasteiger charge is 2.46. The fraction of sp³-hybridized carbons (Fsp3) is 0.333. The number of hydrogen-bond donors (Lipinski definition) is 0. The summed E-state index contributed by atoms with van der Waals surface area (Å²) in [6, 6.07) is -4.06. The van der Waals surface area contributed by atoms with Crippen molar-refractivity contribution >= 4 is 0 Å². The van der Waals surface area contributed by atoms with Gasteiger partial charge in [-0.1, -0.05) is 0 Å². The van der Waals surface area contributed by atoms with Gasteiger partial charge >= 0.3 is 18.3 Å². The van der Waals surface area contributed by atoms with Gasteiger partial charge in [-0.05, 0) is 0 Å². The number of hydrogen-bond acceptors (Lipinski definition) is 2. The Kier molecular flexibility index (Phi) is 1.04. The summed E-state index contributed by atoms with van der Waals surface area (Å²) in [5, 5.41) is 0. The van der Waals surface area contributed by atoms with Gasteiger partial charge in [-0.2, -0.15) is 8.78 Å². The molecular weight excluding hydrogens is 144 g/mol. The molecule has 0 aromatic heterocycles. The SMILES string of the molecule is FC1=C(F)OC(F)(F)O1. The first-order valence-corrected chi connectivity index (χ1v) is 1.82. The van der Waals surface area contributed by atoms with Crippen molar-refractivity contribution in [3.05, 3.63) is 12.0 Å². The van der Waals surface area contributed by atoms with Gasteiger partial charge in [-0.3, -0.25) is 0 Å². The van der Waals surface area contributed by atoms with Crippen LogP contribution in [0.15, 0.2) is 12.0 Å². The standard InChI is InChI=1S/C3F4O2/c4-1-2(5)9-3(6,7)8-1. The van der Waals surface area contributed by atoms with Crippen LogP contribution < -0.4 is 0 Å². The Balaban J connectivity index is 2.70. The molecule has 0 atom stereocenters. The summed E-state index contributed by atoms with van der Waals surface area (Å²) in [4.78, 5) is 0. The van der Waals surface area contributed by atoms with Crippen LogP contribution >= 0.6 is 0 Å². The minimum atomic E-state index is -4.19. The van der Waals surface area contributed by atoms with Gasteiger partial charge in [0.05, 0.1) is 0 Å². The summed E-state index contributed by atoms with van der Waals surface area (Å²) in [6.45, 7) is 0. The molecule has 2 nitrogen and oxygen atoms in total. The van der Waals surface area contributed by atoms with E-state index in [9.17, 15) is 17.6 Å². The van der Waals surface area contributed by atoms with Crippen molar-refractivity contribution in [1.82, 2.24) is 0 Å². The molecule has 0 N–H and O–H groups in total. The van der Waals surface area contributed by atoms with Gasteiger partial charge < -0.3 is 9.47 Å². The van der Waals surface area contributed by atoms with E-state index in [1.54, 1.807) is 0 Å². The molecule has 0 aromatic carbocycles. The van der Waals surface area contributed by atoms with E-state index in [-0.39, 0.29) is 0 Å². The van der Waals surface area contributed by atoms with Crippen LogP contribution in [0.3, 0.4) is 0 Å². The first-order chi connectivity index (χ1) is 4.01. The largest absolute Gasteiger partial charge is 0.589 e. The topological polar surface area (TPSA) is 18.5 Å². The number of alkyl halides is 2. The van der Waals surface area contributed by atoms with Crippen molar-refractivity contribution in [3.63, 3.8) is 0 Å². The summed E-state index contributed by atoms with van der Waals surface area (Å²) in [6.07, 6.45) is -4.19. The lowest BCUT2D eigenvalue weighted by Gasteiger charge is -2.03. The maximum Gasteiger partial charge on any atom is 0.589 e. The molecule has 0 spiro atoms. The molecule has 1 aliphatic rings. The van der Waals surface area contributed by atoms with E-state index < -0.39 is 18.3 Å². The first-order valence-electron chi connectivity index (χ1n) is 1.82. The predicted molar refractivity (Wildman–Crippen MR) is 16.4 cm³/mol. The molecule has 0 saturated heterocycles. The molecule has 0 radical (unpaired) electrons. The van der Waals surface area contributed by atoms with E-state index in [4.69, 9.17) is 0 Å². The van der Waals surface area contributed by atoms with Gasteiger partial charge in [0, 0.05) is 0 Å². The second-order valence-electron chi connectivity index (χ2n) is 1.21. The van der Waals surface area contributed by atoms with Crippen LogP contribution in [-0.4, -0.2) is 6.29 Å². The number of ether oxygens (including phenoxy) is 2. The van der Waals surface area contributed by atoms with Crippen molar-refractivity contribution in [2.75, 3.05) is 0 Å². The zero-order valence-electron chi connectivity index (χ0n) is 3.83. The molecule has 0 saturated carbocycles. The minimum absolute atomic E-state index is 2.03. The quantitative estimate of drug-likeness (QED) is 0.481. The van der Waals surface area contributed by atoms with Gasteiger partial charge in [0.1, 0.15) is 0 Å². The molecule has 0 fully saturated rings. The average molecular weight is 144 g/mol. The van der Waals surface area contributed by atoms with Gasteiger partial charge in [0.25, 0.3) is 0 Å². The highest BCUT2D eigenvalue weighted by Crippen LogP contribution is 2.34. The summed E-state index contributed by atoms with van der Waals surface area (Å²) in [5.74, 6) is 0. The highest BCUT2D eigenvalue weighted by molar-refractivity contribution is 4.88. The third kappa shape index (κ3) is 1.06. The molecule has 0 unspecified atom stereocenters. The van der Waals surface area contributed by atoms with E-state index in [1.165, 1.54) is 0 Å². The van der Waals surface area contributed by atoms with E-state index in [0.29, 0.717) is 0 Å². The molecule has 6 heteroatoms. The molecule has 1 aliphatic heterocycles. The third-order valence-corrected chi connectivity index (χ3v) is 0.571.